The van der Waals surface area contributed by atoms with Gasteiger partial charge in [0.2, 0.25) is 0 Å². The van der Waals surface area contributed by atoms with E-state index >= 15 is 0 Å². The lowest BCUT2D eigenvalue weighted by molar-refractivity contribution is -0.155. The summed E-state index contributed by atoms with van der Waals surface area (Å²) in [5.41, 5.74) is 1.39. The third-order valence-electron chi connectivity index (χ3n) is 3.67. The summed E-state index contributed by atoms with van der Waals surface area (Å²) >= 11 is 0. The summed E-state index contributed by atoms with van der Waals surface area (Å²) in [5, 5.41) is 0. The van der Waals surface area contributed by atoms with Gasteiger partial charge < -0.3 is 9.47 Å². The lowest BCUT2D eigenvalue weighted by atomic mass is 9.56. The molecule has 1 saturated carbocycles. The Morgan fingerprint density at radius 1 is 1.50 bits per heavy atom. The van der Waals surface area contributed by atoms with Gasteiger partial charge in [0.05, 0.1) is 19.1 Å². The maximum Gasteiger partial charge on any atom is 0.330 e. The van der Waals surface area contributed by atoms with Crippen LogP contribution in [0.15, 0.2) is 23.3 Å². The Morgan fingerprint density at radius 2 is 2.28 bits per heavy atom. The van der Waals surface area contributed by atoms with Gasteiger partial charge in [-0.05, 0) is 43.8 Å². The van der Waals surface area contributed by atoms with Crippen LogP contribution in [0.4, 0.5) is 0 Å². The Balaban J connectivity index is 2.22. The van der Waals surface area contributed by atoms with Crippen LogP contribution < -0.4 is 0 Å². The number of carbonyl (C=O) groups excluding carboxylic acids is 2. The van der Waals surface area contributed by atoms with Crippen molar-refractivity contribution in [2.24, 2.45) is 5.41 Å². The van der Waals surface area contributed by atoms with Gasteiger partial charge in [-0.1, -0.05) is 6.08 Å². The molecule has 98 valence electrons. The molecule has 0 aromatic heterocycles. The summed E-state index contributed by atoms with van der Waals surface area (Å²) in [6.07, 6.45) is 6.89. The van der Waals surface area contributed by atoms with Crippen LogP contribution in [0.25, 0.3) is 0 Å². The molecule has 2 aliphatic carbocycles. The number of fused-ring (bicyclic) bond motifs is 1. The van der Waals surface area contributed by atoms with Crippen molar-refractivity contribution >= 4 is 11.9 Å². The second kappa shape index (κ2) is 4.96. The highest BCUT2D eigenvalue weighted by molar-refractivity contribution is 5.91. The van der Waals surface area contributed by atoms with Gasteiger partial charge >= 0.3 is 11.9 Å². The Bertz CT molecular complexity index is 433. The van der Waals surface area contributed by atoms with Crippen LogP contribution in [0.5, 0.6) is 0 Å². The Kier molecular flexibility index (Phi) is 3.55. The number of methoxy groups -OCH3 is 1. The average molecular weight is 250 g/mol. The number of allylic oxidation sites excluding steroid dienone is 2. The standard InChI is InChI=1S/C14H18O4/c1-3-18-13(16)14-7-5-4-6-11(14)10(9-14)8-12(15)17-2/h6,8H,3-5,7,9H2,1-2H3/b10-8+. The fourth-order valence-electron chi connectivity index (χ4n) is 2.80. The highest BCUT2D eigenvalue weighted by Gasteiger charge is 2.53. The van der Waals surface area contributed by atoms with Crippen molar-refractivity contribution in [1.82, 2.24) is 0 Å². The first-order chi connectivity index (χ1) is 8.64. The zero-order valence-corrected chi connectivity index (χ0v) is 10.8. The molecular formula is C14H18O4. The zero-order valence-electron chi connectivity index (χ0n) is 10.8. The van der Waals surface area contributed by atoms with Gasteiger partial charge in [0.15, 0.2) is 0 Å². The van der Waals surface area contributed by atoms with Crippen molar-refractivity contribution in [2.45, 2.75) is 32.6 Å². The van der Waals surface area contributed by atoms with Crippen molar-refractivity contribution in [2.75, 3.05) is 13.7 Å². The second-order valence-electron chi connectivity index (χ2n) is 4.68. The molecule has 0 heterocycles. The SMILES string of the molecule is CCOC(=O)C12CCCC=C1/C(=C/C(=O)OC)C2. The predicted octanol–water partition coefficient (Wildman–Crippen LogP) is 2.15. The lowest BCUT2D eigenvalue weighted by Crippen LogP contribution is -2.45. The van der Waals surface area contributed by atoms with Gasteiger partial charge in [-0.15, -0.1) is 0 Å². The highest BCUT2D eigenvalue weighted by atomic mass is 16.5. The number of rotatable bonds is 3. The smallest absolute Gasteiger partial charge is 0.330 e. The van der Waals surface area contributed by atoms with E-state index in [4.69, 9.17) is 4.74 Å². The van der Waals surface area contributed by atoms with Crippen LogP contribution in [0.2, 0.25) is 0 Å². The minimum absolute atomic E-state index is 0.155. The number of esters is 2. The molecule has 1 fully saturated rings. The fourth-order valence-corrected chi connectivity index (χ4v) is 2.80. The topological polar surface area (TPSA) is 52.6 Å². The van der Waals surface area contributed by atoms with Crippen molar-refractivity contribution < 1.29 is 19.1 Å². The van der Waals surface area contributed by atoms with E-state index in [9.17, 15) is 9.59 Å². The fraction of sp³-hybridized carbons (Fsp3) is 0.571. The first-order valence-electron chi connectivity index (χ1n) is 6.31. The van der Waals surface area contributed by atoms with E-state index in [2.05, 4.69) is 10.8 Å². The van der Waals surface area contributed by atoms with E-state index in [0.29, 0.717) is 13.0 Å². The summed E-state index contributed by atoms with van der Waals surface area (Å²) in [4.78, 5) is 23.3. The molecule has 0 bridgehead atoms. The number of hydrogen-bond acceptors (Lipinski definition) is 4. The molecule has 2 rings (SSSR count). The molecule has 1 atom stereocenters. The molecule has 18 heavy (non-hydrogen) atoms. The van der Waals surface area contributed by atoms with E-state index in [0.717, 1.165) is 30.4 Å². The molecule has 2 aliphatic rings. The van der Waals surface area contributed by atoms with Gasteiger partial charge in [-0.25, -0.2) is 4.79 Å². The first kappa shape index (κ1) is 12.9. The molecule has 0 aliphatic heterocycles. The average Bonchev–Trinajstić information content (AvgIpc) is 2.35. The zero-order chi connectivity index (χ0) is 13.2. The van der Waals surface area contributed by atoms with E-state index in [1.165, 1.54) is 13.2 Å². The van der Waals surface area contributed by atoms with E-state index in [1.54, 1.807) is 0 Å². The molecule has 0 spiro atoms. The van der Waals surface area contributed by atoms with Crippen molar-refractivity contribution in [3.63, 3.8) is 0 Å². The molecular weight excluding hydrogens is 232 g/mol. The Morgan fingerprint density at radius 3 is 2.94 bits per heavy atom. The number of ether oxygens (including phenoxy) is 2. The summed E-state index contributed by atoms with van der Waals surface area (Å²) in [6, 6.07) is 0. The van der Waals surface area contributed by atoms with Crippen LogP contribution >= 0.6 is 0 Å². The van der Waals surface area contributed by atoms with Crippen LogP contribution in [0.3, 0.4) is 0 Å². The molecule has 0 saturated heterocycles. The van der Waals surface area contributed by atoms with Gasteiger partial charge in [0.25, 0.3) is 0 Å². The highest BCUT2D eigenvalue weighted by Crippen LogP contribution is 2.56. The van der Waals surface area contributed by atoms with Crippen molar-refractivity contribution in [3.05, 3.63) is 23.3 Å². The minimum atomic E-state index is -0.492. The van der Waals surface area contributed by atoms with Crippen molar-refractivity contribution in [3.8, 4) is 0 Å². The Labute approximate surface area is 107 Å². The first-order valence-corrected chi connectivity index (χ1v) is 6.31. The van der Waals surface area contributed by atoms with Gasteiger partial charge in [-0.2, -0.15) is 0 Å². The van der Waals surface area contributed by atoms with Crippen LogP contribution in [0, 0.1) is 5.41 Å². The molecule has 0 N–H and O–H groups in total. The summed E-state index contributed by atoms with van der Waals surface area (Å²) in [7, 11) is 1.35. The van der Waals surface area contributed by atoms with Crippen LogP contribution in [-0.4, -0.2) is 25.7 Å². The summed E-state index contributed by atoms with van der Waals surface area (Å²) in [5.74, 6) is -0.521. The van der Waals surface area contributed by atoms with Gasteiger partial charge in [-0.3, -0.25) is 4.79 Å². The van der Waals surface area contributed by atoms with Crippen molar-refractivity contribution in [1.29, 1.82) is 0 Å². The number of hydrogen-bond donors (Lipinski definition) is 0. The summed E-state index contributed by atoms with van der Waals surface area (Å²) < 4.78 is 9.78. The predicted molar refractivity (Wildman–Crippen MR) is 65.7 cm³/mol. The van der Waals surface area contributed by atoms with Crippen LogP contribution in [0.1, 0.15) is 32.6 Å². The largest absolute Gasteiger partial charge is 0.466 e. The van der Waals surface area contributed by atoms with E-state index in [1.807, 2.05) is 6.92 Å². The molecule has 0 radical (unpaired) electrons. The quantitative estimate of drug-likeness (QED) is 0.569. The van der Waals surface area contributed by atoms with Gasteiger partial charge in [0.1, 0.15) is 0 Å². The monoisotopic (exact) mass is 250 g/mol. The molecule has 4 nitrogen and oxygen atoms in total. The van der Waals surface area contributed by atoms with E-state index < -0.39 is 5.41 Å². The molecule has 1 unspecified atom stereocenters. The third kappa shape index (κ3) is 1.96. The normalized spacial score (nSPS) is 27.9. The minimum Gasteiger partial charge on any atom is -0.466 e. The lowest BCUT2D eigenvalue weighted by Gasteiger charge is -2.46. The number of carbonyl (C=O) groups is 2. The molecule has 0 aromatic carbocycles. The maximum absolute atomic E-state index is 12.1. The van der Waals surface area contributed by atoms with E-state index in [-0.39, 0.29) is 11.9 Å². The third-order valence-corrected chi connectivity index (χ3v) is 3.67. The molecule has 4 heteroatoms. The summed E-state index contributed by atoms with van der Waals surface area (Å²) in [6.45, 7) is 2.20. The second-order valence-corrected chi connectivity index (χ2v) is 4.68. The molecule has 0 amide bonds. The maximum atomic E-state index is 12.1. The van der Waals surface area contributed by atoms with Gasteiger partial charge in [0, 0.05) is 6.08 Å². The Hall–Kier alpha value is -1.58. The molecule has 0 aromatic rings. The van der Waals surface area contributed by atoms with Crippen LogP contribution in [-0.2, 0) is 19.1 Å².